The molecule has 0 unspecified atom stereocenters. The molecule has 1 aromatic rings. The molecule has 6 nitrogen and oxygen atoms in total. The van der Waals surface area contributed by atoms with Crippen LogP contribution in [-0.4, -0.2) is 45.8 Å². The number of methoxy groups -OCH3 is 2. The number of halogens is 1. The fourth-order valence-corrected chi connectivity index (χ4v) is 2.54. The van der Waals surface area contributed by atoms with Gasteiger partial charge >= 0.3 is 5.97 Å². The summed E-state index contributed by atoms with van der Waals surface area (Å²) >= 11 is 0. The lowest BCUT2D eigenvalue weighted by atomic mass is 10.1. The second-order valence-electron chi connectivity index (χ2n) is 6.13. The van der Waals surface area contributed by atoms with E-state index in [9.17, 15) is 4.79 Å². The smallest absolute Gasteiger partial charge is 0.305 e. The zero-order chi connectivity index (χ0) is 19.2. The van der Waals surface area contributed by atoms with Crippen LogP contribution >= 0.6 is 24.0 Å². The van der Waals surface area contributed by atoms with Crippen molar-refractivity contribution in [1.82, 2.24) is 10.6 Å². The predicted molar refractivity (Wildman–Crippen MR) is 121 cm³/mol. The van der Waals surface area contributed by atoms with Gasteiger partial charge in [0.1, 0.15) is 5.75 Å². The third kappa shape index (κ3) is 11.0. The molecular formula is C20H34IN3O3. The number of aryl methyl sites for hydroxylation is 1. The second-order valence-corrected chi connectivity index (χ2v) is 6.13. The molecule has 0 spiro atoms. The molecule has 0 amide bonds. The SMILES string of the molecule is CCNC(=NCCCCCC(=O)OC)NCCc1ccc(C)c(OC)c1.I. The molecule has 0 aromatic heterocycles. The number of hydrogen-bond donors (Lipinski definition) is 2. The molecule has 0 atom stereocenters. The Hall–Kier alpha value is -1.51. The molecule has 154 valence electrons. The standard InChI is InChI=1S/C20H33N3O3.HI/c1-5-21-20(22-13-8-6-7-9-19(24)26-4)23-14-12-17-11-10-16(2)18(15-17)25-3;/h10-11,15H,5-9,12-14H2,1-4H3,(H2,21,22,23);1H. The maximum absolute atomic E-state index is 11.1. The Bertz CT molecular complexity index is 580. The largest absolute Gasteiger partial charge is 0.496 e. The molecule has 1 rings (SSSR count). The first-order valence-corrected chi connectivity index (χ1v) is 9.33. The summed E-state index contributed by atoms with van der Waals surface area (Å²) in [6, 6.07) is 6.30. The maximum atomic E-state index is 11.1. The van der Waals surface area contributed by atoms with Gasteiger partial charge in [0.15, 0.2) is 5.96 Å². The van der Waals surface area contributed by atoms with Crippen LogP contribution in [0.25, 0.3) is 0 Å². The maximum Gasteiger partial charge on any atom is 0.305 e. The van der Waals surface area contributed by atoms with Gasteiger partial charge in [0.05, 0.1) is 14.2 Å². The van der Waals surface area contributed by atoms with Gasteiger partial charge in [-0.25, -0.2) is 0 Å². The van der Waals surface area contributed by atoms with Gasteiger partial charge in [-0.3, -0.25) is 9.79 Å². The summed E-state index contributed by atoms with van der Waals surface area (Å²) in [7, 11) is 3.12. The zero-order valence-corrected chi connectivity index (χ0v) is 19.3. The van der Waals surface area contributed by atoms with Gasteiger partial charge in [-0.1, -0.05) is 18.6 Å². The summed E-state index contributed by atoms with van der Waals surface area (Å²) in [6.45, 7) is 6.47. The van der Waals surface area contributed by atoms with Gasteiger partial charge in [-0.05, 0) is 50.3 Å². The van der Waals surface area contributed by atoms with Gasteiger partial charge in [-0.2, -0.15) is 0 Å². The molecular weight excluding hydrogens is 457 g/mol. The van der Waals surface area contributed by atoms with Crippen molar-refractivity contribution < 1.29 is 14.3 Å². The molecule has 27 heavy (non-hydrogen) atoms. The summed E-state index contributed by atoms with van der Waals surface area (Å²) in [6.07, 6.45) is 4.17. The number of nitrogens with zero attached hydrogens (tertiary/aromatic N) is 1. The fourth-order valence-electron chi connectivity index (χ4n) is 2.54. The number of benzene rings is 1. The minimum atomic E-state index is -0.142. The molecule has 0 radical (unpaired) electrons. The van der Waals surface area contributed by atoms with Crippen molar-refractivity contribution in [2.24, 2.45) is 4.99 Å². The highest BCUT2D eigenvalue weighted by Gasteiger charge is 2.02. The molecule has 0 aliphatic carbocycles. The Balaban J connectivity index is 0.00000676. The lowest BCUT2D eigenvalue weighted by Crippen LogP contribution is -2.38. The van der Waals surface area contributed by atoms with Crippen LogP contribution in [-0.2, 0) is 16.0 Å². The topological polar surface area (TPSA) is 72.0 Å². The van der Waals surface area contributed by atoms with E-state index in [1.807, 2.05) is 6.92 Å². The molecule has 0 bridgehead atoms. The van der Waals surface area contributed by atoms with E-state index in [0.29, 0.717) is 6.42 Å². The Kier molecular flexibility index (Phi) is 14.7. The number of esters is 1. The Morgan fingerprint density at radius 3 is 2.59 bits per heavy atom. The zero-order valence-electron chi connectivity index (χ0n) is 17.0. The van der Waals surface area contributed by atoms with E-state index >= 15 is 0 Å². The minimum absolute atomic E-state index is 0. The molecule has 0 aliphatic heterocycles. The Morgan fingerprint density at radius 2 is 1.93 bits per heavy atom. The van der Waals surface area contributed by atoms with Crippen LogP contribution in [0.3, 0.4) is 0 Å². The molecule has 0 fully saturated rings. The first-order valence-electron chi connectivity index (χ1n) is 9.33. The van der Waals surface area contributed by atoms with E-state index in [1.54, 1.807) is 7.11 Å². The van der Waals surface area contributed by atoms with Crippen LogP contribution in [0.4, 0.5) is 0 Å². The van der Waals surface area contributed by atoms with Crippen LogP contribution in [0.2, 0.25) is 0 Å². The summed E-state index contributed by atoms with van der Waals surface area (Å²) in [5.74, 6) is 1.62. The van der Waals surface area contributed by atoms with Crippen LogP contribution in [0, 0.1) is 6.92 Å². The van der Waals surface area contributed by atoms with Gasteiger partial charge in [0.2, 0.25) is 0 Å². The van der Waals surface area contributed by atoms with Crippen molar-refractivity contribution in [2.45, 2.75) is 46.0 Å². The number of unbranched alkanes of at least 4 members (excludes halogenated alkanes) is 2. The lowest BCUT2D eigenvalue weighted by molar-refractivity contribution is -0.140. The van der Waals surface area contributed by atoms with Crippen LogP contribution < -0.4 is 15.4 Å². The van der Waals surface area contributed by atoms with Gasteiger partial charge in [0, 0.05) is 26.1 Å². The van der Waals surface area contributed by atoms with E-state index < -0.39 is 0 Å². The molecule has 2 N–H and O–H groups in total. The highest BCUT2D eigenvalue weighted by atomic mass is 127. The highest BCUT2D eigenvalue weighted by Crippen LogP contribution is 2.18. The van der Waals surface area contributed by atoms with Crippen LogP contribution in [0.1, 0.15) is 43.7 Å². The number of nitrogens with one attached hydrogen (secondary N) is 2. The molecule has 7 heteroatoms. The summed E-state index contributed by atoms with van der Waals surface area (Å²) in [4.78, 5) is 15.6. The quantitative estimate of drug-likeness (QED) is 0.163. The van der Waals surface area contributed by atoms with E-state index in [1.165, 1.54) is 12.7 Å². The molecule has 0 aliphatic rings. The predicted octanol–water partition coefficient (Wildman–Crippen LogP) is 3.45. The van der Waals surface area contributed by atoms with Crippen molar-refractivity contribution in [2.75, 3.05) is 33.9 Å². The van der Waals surface area contributed by atoms with Gasteiger partial charge in [-0.15, -0.1) is 24.0 Å². The highest BCUT2D eigenvalue weighted by molar-refractivity contribution is 14.0. The Morgan fingerprint density at radius 1 is 1.15 bits per heavy atom. The first kappa shape index (κ1) is 25.5. The minimum Gasteiger partial charge on any atom is -0.496 e. The summed E-state index contributed by atoms with van der Waals surface area (Å²) in [5.41, 5.74) is 2.38. The van der Waals surface area contributed by atoms with E-state index in [-0.39, 0.29) is 29.9 Å². The number of carbonyl (C=O) groups is 1. The normalized spacial score (nSPS) is 10.7. The Labute approximate surface area is 180 Å². The third-order valence-electron chi connectivity index (χ3n) is 4.06. The molecule has 1 aromatic carbocycles. The monoisotopic (exact) mass is 491 g/mol. The molecule has 0 saturated carbocycles. The van der Waals surface area contributed by atoms with Crippen LogP contribution in [0.5, 0.6) is 5.75 Å². The van der Waals surface area contributed by atoms with Crippen molar-refractivity contribution in [1.29, 1.82) is 0 Å². The number of ether oxygens (including phenoxy) is 2. The lowest BCUT2D eigenvalue weighted by Gasteiger charge is -2.12. The number of rotatable bonds is 11. The van der Waals surface area contributed by atoms with Crippen LogP contribution in [0.15, 0.2) is 23.2 Å². The number of hydrogen-bond acceptors (Lipinski definition) is 4. The number of carbonyl (C=O) groups excluding carboxylic acids is 1. The second kappa shape index (κ2) is 15.5. The van der Waals surface area contributed by atoms with Crippen molar-refractivity contribution in [3.05, 3.63) is 29.3 Å². The van der Waals surface area contributed by atoms with Gasteiger partial charge in [0.25, 0.3) is 0 Å². The van der Waals surface area contributed by atoms with E-state index in [4.69, 9.17) is 4.74 Å². The van der Waals surface area contributed by atoms with E-state index in [0.717, 1.165) is 62.6 Å². The molecule has 0 saturated heterocycles. The van der Waals surface area contributed by atoms with Crippen molar-refractivity contribution in [3.63, 3.8) is 0 Å². The summed E-state index contributed by atoms with van der Waals surface area (Å²) in [5, 5.41) is 6.62. The van der Waals surface area contributed by atoms with Crippen molar-refractivity contribution >= 4 is 35.9 Å². The molecule has 0 heterocycles. The fraction of sp³-hybridized carbons (Fsp3) is 0.600. The van der Waals surface area contributed by atoms with Crippen molar-refractivity contribution in [3.8, 4) is 5.75 Å². The average molecular weight is 491 g/mol. The number of aliphatic imine (C=N–C) groups is 1. The van der Waals surface area contributed by atoms with E-state index in [2.05, 4.69) is 45.5 Å². The average Bonchev–Trinajstić information content (AvgIpc) is 2.65. The third-order valence-corrected chi connectivity index (χ3v) is 4.06. The van der Waals surface area contributed by atoms with Gasteiger partial charge < -0.3 is 20.1 Å². The summed E-state index contributed by atoms with van der Waals surface area (Å²) < 4.78 is 10.0. The first-order chi connectivity index (χ1) is 12.6. The number of guanidine groups is 1.